The lowest BCUT2D eigenvalue weighted by atomic mass is 9.84. The molecule has 0 saturated carbocycles. The number of likely N-dealkylation sites (tertiary alicyclic amines) is 1. The van der Waals surface area contributed by atoms with Gasteiger partial charge in [-0.3, -0.25) is 19.3 Å². The molecule has 212 valence electrons. The third kappa shape index (κ3) is 5.36. The summed E-state index contributed by atoms with van der Waals surface area (Å²) in [7, 11) is 0. The van der Waals surface area contributed by atoms with Crippen molar-refractivity contribution in [2.45, 2.75) is 57.0 Å². The number of imide groups is 1. The van der Waals surface area contributed by atoms with Crippen LogP contribution in [0.2, 0.25) is 0 Å². The first-order chi connectivity index (χ1) is 19.8. The number of carbonyl (C=O) groups is 3. The Bertz CT molecular complexity index is 1450. The van der Waals surface area contributed by atoms with E-state index in [0.717, 1.165) is 36.3 Å². The largest absolute Gasteiger partial charge is 0.489 e. The van der Waals surface area contributed by atoms with Gasteiger partial charge in [-0.05, 0) is 48.1 Å². The highest BCUT2D eigenvalue weighted by Crippen LogP contribution is 2.35. The molecule has 3 aromatic carbocycles. The maximum atomic E-state index is 13.1. The molecular weight excluding hydrogens is 520 g/mol. The fraction of sp³-hybridized carbons (Fsp3) is 0.344. The maximum absolute atomic E-state index is 13.1. The van der Waals surface area contributed by atoms with Crippen LogP contribution < -0.4 is 10.6 Å². The molecular formula is C32H34N4O5. The van der Waals surface area contributed by atoms with E-state index < -0.39 is 23.5 Å². The van der Waals surface area contributed by atoms with Crippen LogP contribution in [0, 0.1) is 0 Å². The Morgan fingerprint density at radius 1 is 0.902 bits per heavy atom. The van der Waals surface area contributed by atoms with Crippen molar-refractivity contribution in [3.63, 3.8) is 0 Å². The summed E-state index contributed by atoms with van der Waals surface area (Å²) in [6.07, 6.45) is 1.81. The summed E-state index contributed by atoms with van der Waals surface area (Å²) in [5.74, 6) is 4.99. The van der Waals surface area contributed by atoms with E-state index in [4.69, 9.17) is 10.6 Å². The van der Waals surface area contributed by atoms with E-state index in [1.165, 1.54) is 10.5 Å². The van der Waals surface area contributed by atoms with E-state index in [9.17, 15) is 19.5 Å². The summed E-state index contributed by atoms with van der Waals surface area (Å²) in [6, 6.07) is 22.8. The number of piperidine rings is 2. The number of fused-ring (bicyclic) bond motifs is 1. The Kier molecular flexibility index (Phi) is 7.33. The summed E-state index contributed by atoms with van der Waals surface area (Å²) in [6.45, 7) is 3.05. The number of ether oxygens (including phenoxy) is 1. The van der Waals surface area contributed by atoms with Gasteiger partial charge in [0.2, 0.25) is 5.91 Å². The van der Waals surface area contributed by atoms with Crippen LogP contribution in [-0.2, 0) is 34.9 Å². The molecule has 9 nitrogen and oxygen atoms in total. The molecule has 1 unspecified atom stereocenters. The number of hydrogen-bond donors (Lipinski definition) is 2. The highest BCUT2D eigenvalue weighted by atomic mass is 16.5. The molecule has 9 heteroatoms. The molecule has 0 radical (unpaired) electrons. The smallest absolute Gasteiger partial charge is 0.266 e. The van der Waals surface area contributed by atoms with Crippen molar-refractivity contribution in [2.75, 3.05) is 13.1 Å². The van der Waals surface area contributed by atoms with Crippen molar-refractivity contribution in [2.24, 2.45) is 5.84 Å². The zero-order valence-electron chi connectivity index (χ0n) is 22.9. The Hall–Kier alpha value is -4.05. The van der Waals surface area contributed by atoms with Crippen LogP contribution in [0.3, 0.4) is 0 Å². The minimum Gasteiger partial charge on any atom is -0.489 e. The van der Waals surface area contributed by atoms with Gasteiger partial charge in [-0.1, -0.05) is 60.7 Å². The molecule has 0 bridgehead atoms. The quantitative estimate of drug-likeness (QED) is 0.262. The molecule has 3 aliphatic heterocycles. The first-order valence-corrected chi connectivity index (χ1v) is 14.1. The molecule has 3 aliphatic rings. The summed E-state index contributed by atoms with van der Waals surface area (Å²) >= 11 is 0. The third-order valence-corrected chi connectivity index (χ3v) is 8.57. The number of nitrogens with zero attached hydrogens (tertiary/aromatic N) is 3. The van der Waals surface area contributed by atoms with Crippen LogP contribution in [0.15, 0.2) is 72.8 Å². The SMILES string of the molecule is NN1C(=O)CCC(N2Cc3c(OCc4ccc(CN5CCC(O)(c6ccccc6)CC5)cc4)cccc3C2=O)C1=O. The number of rotatable bonds is 7. The maximum Gasteiger partial charge on any atom is 0.266 e. The van der Waals surface area contributed by atoms with Crippen molar-refractivity contribution in [3.8, 4) is 5.75 Å². The number of hydrazine groups is 1. The topological polar surface area (TPSA) is 116 Å². The monoisotopic (exact) mass is 554 g/mol. The number of benzene rings is 3. The van der Waals surface area contributed by atoms with Crippen molar-refractivity contribution >= 4 is 17.7 Å². The van der Waals surface area contributed by atoms with Gasteiger partial charge in [0, 0.05) is 37.2 Å². The predicted octanol–water partition coefficient (Wildman–Crippen LogP) is 3.10. The molecule has 0 aromatic heterocycles. The second-order valence-electron chi connectivity index (χ2n) is 11.2. The average molecular weight is 555 g/mol. The molecule has 3 heterocycles. The zero-order valence-corrected chi connectivity index (χ0v) is 22.9. The Morgan fingerprint density at radius 2 is 1.61 bits per heavy atom. The third-order valence-electron chi connectivity index (χ3n) is 8.57. The Balaban J connectivity index is 1.05. The van der Waals surface area contributed by atoms with Crippen molar-refractivity contribution in [1.82, 2.24) is 14.8 Å². The first kappa shape index (κ1) is 27.1. The molecule has 6 rings (SSSR count). The summed E-state index contributed by atoms with van der Waals surface area (Å²) in [4.78, 5) is 41.4. The lowest BCUT2D eigenvalue weighted by Gasteiger charge is -2.38. The van der Waals surface area contributed by atoms with Crippen LogP contribution in [0.5, 0.6) is 5.75 Å². The van der Waals surface area contributed by atoms with Crippen molar-refractivity contribution in [3.05, 3.63) is 101 Å². The van der Waals surface area contributed by atoms with Gasteiger partial charge in [0.25, 0.3) is 11.8 Å². The number of amides is 3. The first-order valence-electron chi connectivity index (χ1n) is 14.1. The van der Waals surface area contributed by atoms with Crippen molar-refractivity contribution in [1.29, 1.82) is 0 Å². The van der Waals surface area contributed by atoms with Crippen LogP contribution in [-0.4, -0.2) is 56.8 Å². The standard InChI is InChI=1S/C32H34N4O5/c33-36-29(37)14-13-27(31(36)39)35-20-26-25(30(35)38)7-4-8-28(26)41-21-23-11-9-22(10-12-23)19-34-17-15-32(40,16-18-34)24-5-2-1-3-6-24/h1-12,27,40H,13-21,33H2. The van der Waals surface area contributed by atoms with E-state index >= 15 is 0 Å². The van der Waals surface area contributed by atoms with Crippen LogP contribution >= 0.6 is 0 Å². The van der Waals surface area contributed by atoms with E-state index in [2.05, 4.69) is 17.0 Å². The van der Waals surface area contributed by atoms with E-state index in [-0.39, 0.29) is 25.3 Å². The molecule has 2 fully saturated rings. The number of hydrogen-bond acceptors (Lipinski definition) is 7. The van der Waals surface area contributed by atoms with Gasteiger partial charge < -0.3 is 14.7 Å². The van der Waals surface area contributed by atoms with Gasteiger partial charge in [0.05, 0.1) is 12.1 Å². The van der Waals surface area contributed by atoms with E-state index in [0.29, 0.717) is 35.8 Å². The predicted molar refractivity (Wildman–Crippen MR) is 151 cm³/mol. The fourth-order valence-corrected chi connectivity index (χ4v) is 6.07. The number of nitrogens with two attached hydrogens (primary N) is 1. The fourth-order valence-electron chi connectivity index (χ4n) is 6.07. The average Bonchev–Trinajstić information content (AvgIpc) is 3.34. The minimum absolute atomic E-state index is 0.125. The molecule has 2 saturated heterocycles. The second kappa shape index (κ2) is 11.1. The van der Waals surface area contributed by atoms with Crippen molar-refractivity contribution < 1.29 is 24.2 Å². The molecule has 3 amide bonds. The molecule has 3 aromatic rings. The summed E-state index contributed by atoms with van der Waals surface area (Å²) in [5, 5.41) is 11.7. The lowest BCUT2D eigenvalue weighted by molar-refractivity contribution is -0.152. The highest BCUT2D eigenvalue weighted by Gasteiger charge is 2.42. The molecule has 0 aliphatic carbocycles. The number of carbonyl (C=O) groups excluding carboxylic acids is 3. The van der Waals surface area contributed by atoms with Crippen LogP contribution in [0.4, 0.5) is 0 Å². The molecule has 1 atom stereocenters. The highest BCUT2D eigenvalue weighted by molar-refractivity contribution is 6.05. The minimum atomic E-state index is -0.759. The van der Waals surface area contributed by atoms with Crippen LogP contribution in [0.1, 0.15) is 58.3 Å². The Labute approximate surface area is 239 Å². The second-order valence-corrected chi connectivity index (χ2v) is 11.2. The van der Waals surface area contributed by atoms with Gasteiger partial charge in [0.15, 0.2) is 0 Å². The summed E-state index contributed by atoms with van der Waals surface area (Å²) in [5.41, 5.74) is 3.68. The van der Waals surface area contributed by atoms with Gasteiger partial charge in [-0.2, -0.15) is 0 Å². The van der Waals surface area contributed by atoms with Gasteiger partial charge in [-0.15, -0.1) is 0 Å². The van der Waals surface area contributed by atoms with Gasteiger partial charge in [-0.25, -0.2) is 10.9 Å². The van der Waals surface area contributed by atoms with E-state index in [1.54, 1.807) is 12.1 Å². The molecule has 0 spiro atoms. The zero-order chi connectivity index (χ0) is 28.6. The lowest BCUT2D eigenvalue weighted by Crippen LogP contribution is -2.57. The summed E-state index contributed by atoms with van der Waals surface area (Å²) < 4.78 is 6.15. The number of aliphatic hydroxyl groups is 1. The van der Waals surface area contributed by atoms with E-state index in [1.807, 2.05) is 48.5 Å². The Morgan fingerprint density at radius 3 is 2.34 bits per heavy atom. The molecule has 3 N–H and O–H groups in total. The normalized spacial score (nSPS) is 20.8. The van der Waals surface area contributed by atoms with Gasteiger partial charge >= 0.3 is 0 Å². The molecule has 41 heavy (non-hydrogen) atoms. The van der Waals surface area contributed by atoms with Gasteiger partial charge in [0.1, 0.15) is 18.4 Å². The van der Waals surface area contributed by atoms with Crippen LogP contribution in [0.25, 0.3) is 0 Å².